The maximum atomic E-state index is 13.2. The Morgan fingerprint density at radius 2 is 1.94 bits per heavy atom. The Labute approximate surface area is 215 Å². The monoisotopic (exact) mass is 510 g/mol. The minimum atomic E-state index is -0.339. The van der Waals surface area contributed by atoms with Crippen LogP contribution in [0.2, 0.25) is 0 Å². The molecule has 0 spiro atoms. The third-order valence-electron chi connectivity index (χ3n) is 5.64. The molecular formula is C26H30N4O3S2. The van der Waals surface area contributed by atoms with Gasteiger partial charge in [0.05, 0.1) is 12.0 Å². The Morgan fingerprint density at radius 3 is 2.51 bits per heavy atom. The number of rotatable bonds is 9. The van der Waals surface area contributed by atoms with Gasteiger partial charge in [-0.15, -0.1) is 0 Å². The summed E-state index contributed by atoms with van der Waals surface area (Å²) in [5.41, 5.74) is 1.92. The number of hydrogen-bond donors (Lipinski definition) is 1. The van der Waals surface area contributed by atoms with Gasteiger partial charge in [0.2, 0.25) is 0 Å². The van der Waals surface area contributed by atoms with Crippen molar-refractivity contribution in [2.24, 2.45) is 5.92 Å². The summed E-state index contributed by atoms with van der Waals surface area (Å²) in [4.78, 5) is 28.4. The van der Waals surface area contributed by atoms with Gasteiger partial charge in [-0.3, -0.25) is 19.1 Å². The molecule has 2 aromatic rings. The van der Waals surface area contributed by atoms with E-state index in [1.54, 1.807) is 29.6 Å². The molecule has 0 unspecified atom stereocenters. The average Bonchev–Trinajstić information content (AvgIpc) is 3.09. The van der Waals surface area contributed by atoms with Crippen molar-refractivity contribution in [3.63, 3.8) is 0 Å². The van der Waals surface area contributed by atoms with Crippen LogP contribution in [0.15, 0.2) is 34.0 Å². The van der Waals surface area contributed by atoms with E-state index in [1.165, 1.54) is 11.8 Å². The molecule has 1 saturated heterocycles. The summed E-state index contributed by atoms with van der Waals surface area (Å²) < 4.78 is 7.34. The Bertz CT molecular complexity index is 1260. The van der Waals surface area contributed by atoms with Crippen LogP contribution in [0.5, 0.6) is 5.75 Å². The van der Waals surface area contributed by atoms with Crippen molar-refractivity contribution in [3.05, 3.63) is 61.8 Å². The predicted molar refractivity (Wildman–Crippen MR) is 145 cm³/mol. The van der Waals surface area contributed by atoms with E-state index in [0.29, 0.717) is 52.2 Å². The number of thiocarbonyl (C=S) groups is 1. The smallest absolute Gasteiger partial charge is 0.270 e. The van der Waals surface area contributed by atoms with Crippen LogP contribution in [-0.2, 0) is 17.9 Å². The van der Waals surface area contributed by atoms with Crippen molar-refractivity contribution < 1.29 is 9.53 Å². The first-order valence-corrected chi connectivity index (χ1v) is 12.7. The molecule has 35 heavy (non-hydrogen) atoms. The number of methoxy groups -OCH3 is 1. The average molecular weight is 511 g/mol. The number of pyridine rings is 1. The molecule has 0 saturated carbocycles. The molecule has 184 valence electrons. The lowest BCUT2D eigenvalue weighted by Crippen LogP contribution is -2.31. The fourth-order valence-corrected chi connectivity index (χ4v) is 5.13. The van der Waals surface area contributed by atoms with Crippen molar-refractivity contribution in [3.8, 4) is 11.8 Å². The highest BCUT2D eigenvalue weighted by atomic mass is 32.2. The van der Waals surface area contributed by atoms with Gasteiger partial charge in [-0.2, -0.15) is 5.26 Å². The van der Waals surface area contributed by atoms with Crippen LogP contribution >= 0.6 is 24.0 Å². The lowest BCUT2D eigenvalue weighted by atomic mass is 10.0. The molecule has 2 heterocycles. The van der Waals surface area contributed by atoms with Gasteiger partial charge in [0, 0.05) is 25.2 Å². The number of thioether (sulfide) groups is 1. The Morgan fingerprint density at radius 1 is 1.26 bits per heavy atom. The van der Waals surface area contributed by atoms with E-state index < -0.39 is 0 Å². The summed E-state index contributed by atoms with van der Waals surface area (Å²) in [6.07, 6.45) is 2.47. The zero-order valence-corrected chi connectivity index (χ0v) is 22.3. The van der Waals surface area contributed by atoms with Gasteiger partial charge in [-0.05, 0) is 48.6 Å². The first kappa shape index (κ1) is 26.5. The number of amides is 1. The van der Waals surface area contributed by atoms with Crippen LogP contribution < -0.4 is 15.6 Å². The molecular weight excluding hydrogens is 480 g/mol. The number of aromatic nitrogens is 1. The second-order valence-electron chi connectivity index (χ2n) is 8.72. The molecule has 3 rings (SSSR count). The molecule has 0 bridgehead atoms. The van der Waals surface area contributed by atoms with Gasteiger partial charge in [0.25, 0.3) is 11.5 Å². The van der Waals surface area contributed by atoms with Crippen molar-refractivity contribution >= 4 is 46.1 Å². The summed E-state index contributed by atoms with van der Waals surface area (Å²) in [7, 11) is 1.62. The second kappa shape index (κ2) is 11.6. The Hall–Kier alpha value is -3.09. The van der Waals surface area contributed by atoms with Crippen LogP contribution in [-0.4, -0.2) is 33.3 Å². The third kappa shape index (κ3) is 5.77. The van der Waals surface area contributed by atoms with Crippen LogP contribution in [0.25, 0.3) is 6.08 Å². The molecule has 1 fully saturated rings. The number of benzene rings is 1. The van der Waals surface area contributed by atoms with E-state index >= 15 is 0 Å². The van der Waals surface area contributed by atoms with E-state index in [0.717, 1.165) is 11.3 Å². The highest BCUT2D eigenvalue weighted by Gasteiger charge is 2.33. The van der Waals surface area contributed by atoms with Gasteiger partial charge in [0.1, 0.15) is 27.5 Å². The fraction of sp³-hybridized carbons (Fsp3) is 0.385. The first-order chi connectivity index (χ1) is 16.7. The number of carbonyl (C=O) groups excluding carboxylic acids is 1. The summed E-state index contributed by atoms with van der Waals surface area (Å²) in [6, 6.07) is 9.71. The van der Waals surface area contributed by atoms with Gasteiger partial charge in [-0.25, -0.2) is 0 Å². The van der Waals surface area contributed by atoms with Crippen LogP contribution in [0, 0.1) is 24.2 Å². The van der Waals surface area contributed by atoms with Crippen molar-refractivity contribution in [1.29, 1.82) is 5.26 Å². The maximum Gasteiger partial charge on any atom is 0.270 e. The number of anilines is 1. The number of ether oxygens (including phenoxy) is 1. The molecule has 1 aromatic carbocycles. The molecule has 0 aliphatic carbocycles. The van der Waals surface area contributed by atoms with E-state index in [2.05, 4.69) is 11.4 Å². The molecule has 1 aliphatic heterocycles. The maximum absolute atomic E-state index is 13.2. The zero-order chi connectivity index (χ0) is 25.7. The minimum Gasteiger partial charge on any atom is -0.497 e. The number of nitrogens with zero attached hydrogens (tertiary/aromatic N) is 3. The molecule has 1 N–H and O–H groups in total. The third-order valence-corrected chi connectivity index (χ3v) is 7.02. The van der Waals surface area contributed by atoms with Crippen LogP contribution in [0.3, 0.4) is 0 Å². The lowest BCUT2D eigenvalue weighted by Gasteiger charge is -2.20. The Balaban J connectivity index is 2.11. The van der Waals surface area contributed by atoms with Gasteiger partial charge < -0.3 is 10.1 Å². The zero-order valence-electron chi connectivity index (χ0n) is 20.7. The standard InChI is InChI=1S/C26H30N4O3S2/c1-6-11-29-23(28-14-18-7-9-19(33-5)10-8-18)20(17(4)21(13-27)24(29)31)12-22-25(32)30(15-16(2)3)26(34)35-22/h7-10,12,16,28H,6,11,14-15H2,1-5H3/b22-12+. The van der Waals surface area contributed by atoms with Crippen molar-refractivity contribution in [2.45, 2.75) is 47.2 Å². The van der Waals surface area contributed by atoms with Crippen molar-refractivity contribution in [1.82, 2.24) is 9.47 Å². The molecule has 0 atom stereocenters. The topological polar surface area (TPSA) is 87.4 Å². The van der Waals surface area contributed by atoms with Crippen molar-refractivity contribution in [2.75, 3.05) is 19.0 Å². The lowest BCUT2D eigenvalue weighted by molar-refractivity contribution is -0.122. The normalized spacial score (nSPS) is 14.7. The largest absolute Gasteiger partial charge is 0.497 e. The molecule has 0 radical (unpaired) electrons. The number of carbonyl (C=O) groups is 1. The fourth-order valence-electron chi connectivity index (χ4n) is 3.87. The van der Waals surface area contributed by atoms with Crippen LogP contribution in [0.4, 0.5) is 5.82 Å². The summed E-state index contributed by atoms with van der Waals surface area (Å²) >= 11 is 6.71. The number of hydrogen-bond acceptors (Lipinski definition) is 7. The molecule has 9 heteroatoms. The number of nitriles is 1. The second-order valence-corrected chi connectivity index (χ2v) is 10.4. The SMILES string of the molecule is CCCn1c(NCc2ccc(OC)cc2)c(/C=C2/SC(=S)N(CC(C)C)C2=O)c(C)c(C#N)c1=O. The summed E-state index contributed by atoms with van der Waals surface area (Å²) in [5.74, 6) is 1.46. The summed E-state index contributed by atoms with van der Waals surface area (Å²) in [6.45, 7) is 9.22. The first-order valence-electron chi connectivity index (χ1n) is 11.5. The van der Waals surface area contributed by atoms with E-state index in [-0.39, 0.29) is 22.9 Å². The van der Waals surface area contributed by atoms with Gasteiger partial charge in [0.15, 0.2) is 0 Å². The minimum absolute atomic E-state index is 0.0809. The van der Waals surface area contributed by atoms with Gasteiger partial charge >= 0.3 is 0 Å². The Kier molecular flexibility index (Phi) is 8.76. The van der Waals surface area contributed by atoms with E-state index in [4.69, 9.17) is 17.0 Å². The van der Waals surface area contributed by atoms with E-state index in [9.17, 15) is 14.9 Å². The highest BCUT2D eigenvalue weighted by Crippen LogP contribution is 2.35. The van der Waals surface area contributed by atoms with Crippen LogP contribution in [0.1, 0.15) is 49.4 Å². The molecule has 1 aromatic heterocycles. The highest BCUT2D eigenvalue weighted by molar-refractivity contribution is 8.26. The molecule has 7 nitrogen and oxygen atoms in total. The van der Waals surface area contributed by atoms with Gasteiger partial charge in [-0.1, -0.05) is 56.9 Å². The molecule has 1 amide bonds. The summed E-state index contributed by atoms with van der Waals surface area (Å²) in [5, 5.41) is 13.1. The number of nitrogens with one attached hydrogen (secondary N) is 1. The quantitative estimate of drug-likeness (QED) is 0.379. The van der Waals surface area contributed by atoms with E-state index in [1.807, 2.05) is 45.0 Å². The predicted octanol–water partition coefficient (Wildman–Crippen LogP) is 4.92. The molecule has 1 aliphatic rings.